The first-order chi connectivity index (χ1) is 14.6. The second-order valence-electron chi connectivity index (χ2n) is 7.77. The Hall–Kier alpha value is -2.68. The maximum Gasteiger partial charge on any atom is 0.329 e. The Labute approximate surface area is 186 Å². The number of hydrogen-bond donors (Lipinski definition) is 2. The summed E-state index contributed by atoms with van der Waals surface area (Å²) >= 11 is 1.47. The van der Waals surface area contributed by atoms with Gasteiger partial charge in [-0.05, 0) is 44.6 Å². The van der Waals surface area contributed by atoms with Crippen LogP contribution in [0.1, 0.15) is 46.1 Å². The number of esters is 1. The van der Waals surface area contributed by atoms with Crippen LogP contribution in [-0.2, 0) is 19.1 Å². The zero-order valence-electron chi connectivity index (χ0n) is 18.6. The molecule has 2 rings (SSSR count). The van der Waals surface area contributed by atoms with Gasteiger partial charge < -0.3 is 15.1 Å². The summed E-state index contributed by atoms with van der Waals surface area (Å²) < 4.78 is 5.43. The van der Waals surface area contributed by atoms with E-state index < -0.39 is 17.8 Å². The van der Waals surface area contributed by atoms with Crippen LogP contribution in [0.3, 0.4) is 0 Å². The molecule has 0 radical (unpaired) electrons. The van der Waals surface area contributed by atoms with E-state index in [1.54, 1.807) is 26.1 Å². The molecule has 2 aromatic heterocycles. The van der Waals surface area contributed by atoms with Gasteiger partial charge in [0.15, 0.2) is 5.78 Å². The first-order valence-corrected chi connectivity index (χ1v) is 11.3. The molecule has 0 aliphatic rings. The van der Waals surface area contributed by atoms with E-state index in [9.17, 15) is 14.4 Å². The third-order valence-corrected chi connectivity index (χ3v) is 5.69. The lowest BCUT2D eigenvalue weighted by molar-refractivity contribution is -0.150. The average Bonchev–Trinajstić information content (AvgIpc) is 3.04. The van der Waals surface area contributed by atoms with Crippen LogP contribution in [0.5, 0.6) is 0 Å². The van der Waals surface area contributed by atoms with Crippen LogP contribution in [0.4, 0.5) is 5.82 Å². The van der Waals surface area contributed by atoms with Crippen LogP contribution in [-0.4, -0.2) is 57.0 Å². The summed E-state index contributed by atoms with van der Waals surface area (Å²) in [6.07, 6.45) is 2.01. The Morgan fingerprint density at radius 1 is 1.29 bits per heavy atom. The first-order valence-electron chi connectivity index (χ1n) is 10.3. The smallest absolute Gasteiger partial charge is 0.329 e. The van der Waals surface area contributed by atoms with Crippen LogP contribution in [0.25, 0.3) is 11.0 Å². The highest BCUT2D eigenvalue weighted by Gasteiger charge is 2.35. The zero-order chi connectivity index (χ0) is 23.1. The maximum atomic E-state index is 13.4. The number of carbonyl (C=O) groups is 3. The Morgan fingerprint density at radius 3 is 2.58 bits per heavy atom. The summed E-state index contributed by atoms with van der Waals surface area (Å²) in [6, 6.07) is 2.70. The number of amides is 1. The van der Waals surface area contributed by atoms with E-state index in [0.717, 1.165) is 17.2 Å². The van der Waals surface area contributed by atoms with Crippen LogP contribution in [0.15, 0.2) is 18.3 Å². The quantitative estimate of drug-likeness (QED) is 0.402. The summed E-state index contributed by atoms with van der Waals surface area (Å²) in [6.45, 7) is 9.31. The van der Waals surface area contributed by atoms with Gasteiger partial charge >= 0.3 is 5.97 Å². The molecule has 2 aromatic rings. The molecule has 1 amide bonds. The number of anilines is 1. The molecular formula is C22H30N4O4S. The zero-order valence-corrected chi connectivity index (χ0v) is 19.4. The molecule has 0 aliphatic carbocycles. The van der Waals surface area contributed by atoms with Crippen molar-refractivity contribution in [3.63, 3.8) is 0 Å². The van der Waals surface area contributed by atoms with Crippen LogP contribution >= 0.6 is 11.8 Å². The van der Waals surface area contributed by atoms with Gasteiger partial charge in [-0.1, -0.05) is 13.8 Å². The molecule has 0 saturated heterocycles. The van der Waals surface area contributed by atoms with Crippen molar-refractivity contribution in [3.8, 4) is 0 Å². The van der Waals surface area contributed by atoms with E-state index >= 15 is 0 Å². The van der Waals surface area contributed by atoms with E-state index in [4.69, 9.17) is 10.1 Å². The summed E-state index contributed by atoms with van der Waals surface area (Å²) in [4.78, 5) is 47.1. The summed E-state index contributed by atoms with van der Waals surface area (Å²) in [5.41, 5.74) is 1.39. The molecule has 31 heavy (non-hydrogen) atoms. The normalized spacial score (nSPS) is 12.2. The van der Waals surface area contributed by atoms with Crippen molar-refractivity contribution < 1.29 is 19.1 Å². The number of ketones is 1. The van der Waals surface area contributed by atoms with Gasteiger partial charge in [0.25, 0.3) is 0 Å². The highest BCUT2D eigenvalue weighted by Crippen LogP contribution is 2.30. The number of carbonyl (C=O) groups excluding carboxylic acids is 3. The molecule has 2 N–H and O–H groups in total. The van der Waals surface area contributed by atoms with Crippen molar-refractivity contribution >= 4 is 52.5 Å². The fourth-order valence-corrected chi connectivity index (χ4v) is 3.77. The van der Waals surface area contributed by atoms with Crippen molar-refractivity contribution in [2.24, 2.45) is 0 Å². The molecule has 1 atom stereocenters. The lowest BCUT2D eigenvalue weighted by Crippen LogP contribution is -2.48. The van der Waals surface area contributed by atoms with Gasteiger partial charge in [-0.15, -0.1) is 11.8 Å². The highest BCUT2D eigenvalue weighted by atomic mass is 32.2. The van der Waals surface area contributed by atoms with Gasteiger partial charge in [0.1, 0.15) is 17.5 Å². The van der Waals surface area contributed by atoms with E-state index in [0.29, 0.717) is 11.5 Å². The largest absolute Gasteiger partial charge is 0.461 e. The highest BCUT2D eigenvalue weighted by molar-refractivity contribution is 8.00. The maximum absolute atomic E-state index is 13.4. The predicted octanol–water partition coefficient (Wildman–Crippen LogP) is 3.66. The van der Waals surface area contributed by atoms with Crippen LogP contribution in [0.2, 0.25) is 0 Å². The summed E-state index contributed by atoms with van der Waals surface area (Å²) in [5, 5.41) is 8.24. The standard InChI is InChI=1S/C22H30N4O4S/c1-13(2)30-22(29)18(9-8-16(27)11-23)26(19(28)12-31-14(3)4)21-15(5)17-7-6-10-24-20(17)25-21/h6-7,10-11,13-14,18,23H,8-9,12H2,1-5H3,(H,24,25)/t18-/m0/s1. The number of ether oxygens (including phenoxy) is 1. The monoisotopic (exact) mass is 446 g/mol. The summed E-state index contributed by atoms with van der Waals surface area (Å²) in [7, 11) is 0. The minimum absolute atomic E-state index is 0.0417. The predicted molar refractivity (Wildman–Crippen MR) is 124 cm³/mol. The van der Waals surface area contributed by atoms with Crippen molar-refractivity contribution in [2.75, 3.05) is 10.7 Å². The Morgan fingerprint density at radius 2 is 2.00 bits per heavy atom. The number of Topliss-reactive ketones (excluding diaryl/α,β-unsaturated/α-hetero) is 1. The number of fused-ring (bicyclic) bond motifs is 1. The van der Waals surface area contributed by atoms with Gasteiger partial charge in [-0.2, -0.15) is 0 Å². The number of nitrogens with one attached hydrogen (secondary N) is 2. The van der Waals surface area contributed by atoms with Crippen LogP contribution < -0.4 is 4.90 Å². The summed E-state index contributed by atoms with van der Waals surface area (Å²) in [5.74, 6) is -0.621. The van der Waals surface area contributed by atoms with E-state index in [1.165, 1.54) is 16.7 Å². The van der Waals surface area contributed by atoms with E-state index in [1.807, 2.05) is 26.8 Å². The van der Waals surface area contributed by atoms with Gasteiger partial charge in [0.05, 0.1) is 18.1 Å². The van der Waals surface area contributed by atoms with E-state index in [-0.39, 0.29) is 35.9 Å². The number of nitrogens with zero attached hydrogens (tertiary/aromatic N) is 2. The topological polar surface area (TPSA) is 116 Å². The first kappa shape index (κ1) is 24.6. The van der Waals surface area contributed by atoms with Gasteiger partial charge in [0, 0.05) is 23.6 Å². The number of H-pyrrole nitrogens is 1. The Kier molecular flexibility index (Phi) is 8.79. The third kappa shape index (κ3) is 6.40. The molecule has 0 unspecified atom stereocenters. The van der Waals surface area contributed by atoms with Crippen molar-refractivity contribution in [1.29, 1.82) is 5.41 Å². The minimum atomic E-state index is -1.00. The minimum Gasteiger partial charge on any atom is -0.461 e. The molecular weight excluding hydrogens is 416 g/mol. The molecule has 0 fully saturated rings. The number of rotatable bonds is 11. The molecule has 9 heteroatoms. The van der Waals surface area contributed by atoms with E-state index in [2.05, 4.69) is 9.97 Å². The second kappa shape index (κ2) is 11.1. The number of hydrogen-bond acceptors (Lipinski definition) is 7. The third-order valence-electron chi connectivity index (χ3n) is 4.61. The molecule has 0 aromatic carbocycles. The molecule has 8 nitrogen and oxygen atoms in total. The van der Waals surface area contributed by atoms with Crippen molar-refractivity contribution in [1.82, 2.24) is 9.97 Å². The van der Waals surface area contributed by atoms with Crippen molar-refractivity contribution in [3.05, 3.63) is 23.9 Å². The molecule has 2 heterocycles. The molecule has 0 bridgehead atoms. The lowest BCUT2D eigenvalue weighted by atomic mass is 10.1. The average molecular weight is 447 g/mol. The van der Waals surface area contributed by atoms with Gasteiger partial charge in [-0.25, -0.2) is 9.78 Å². The fraction of sp³-hybridized carbons (Fsp3) is 0.500. The molecule has 168 valence electrons. The lowest BCUT2D eigenvalue weighted by Gasteiger charge is -2.30. The molecule has 0 spiro atoms. The number of pyridine rings is 1. The number of aromatic amines is 1. The second-order valence-corrected chi connectivity index (χ2v) is 9.34. The van der Waals surface area contributed by atoms with Gasteiger partial charge in [-0.3, -0.25) is 14.5 Å². The fourth-order valence-electron chi connectivity index (χ4n) is 3.16. The molecule has 0 saturated carbocycles. The number of thioether (sulfide) groups is 1. The Bertz CT molecular complexity index is 954. The SMILES string of the molecule is Cc1c(N(C(=O)CSC(C)C)[C@@H](CCC(=O)C=N)C(=O)OC(C)C)[nH]c2ncccc12. The van der Waals surface area contributed by atoms with Crippen molar-refractivity contribution in [2.45, 2.75) is 64.9 Å². The number of aryl methyl sites for hydroxylation is 1. The van der Waals surface area contributed by atoms with Crippen LogP contribution in [0, 0.1) is 12.3 Å². The molecule has 0 aliphatic heterocycles. The Balaban J connectivity index is 2.54. The number of aromatic nitrogens is 2. The van der Waals surface area contributed by atoms with Gasteiger partial charge in [0.2, 0.25) is 5.91 Å².